The first kappa shape index (κ1) is 11.6. The molecular formula is C14H22N2. The van der Waals surface area contributed by atoms with E-state index in [0.717, 1.165) is 18.9 Å². The summed E-state index contributed by atoms with van der Waals surface area (Å²) in [6.45, 7) is 5.61. The number of hydrogen-bond acceptors (Lipinski definition) is 2. The summed E-state index contributed by atoms with van der Waals surface area (Å²) in [6.07, 6.45) is 2.27. The number of hydrogen-bond donors (Lipinski definition) is 2. The first-order valence-electron chi connectivity index (χ1n) is 6.30. The van der Waals surface area contributed by atoms with Crippen LogP contribution in [-0.2, 0) is 0 Å². The highest BCUT2D eigenvalue weighted by atomic mass is 14.9. The molecule has 2 nitrogen and oxygen atoms in total. The van der Waals surface area contributed by atoms with E-state index in [4.69, 9.17) is 5.73 Å². The molecule has 1 aromatic rings. The normalized spacial score (nSPS) is 25.4. The topological polar surface area (TPSA) is 38.0 Å². The van der Waals surface area contributed by atoms with Crippen molar-refractivity contribution in [2.75, 3.05) is 6.54 Å². The molecule has 2 rings (SSSR count). The highest BCUT2D eigenvalue weighted by molar-refractivity contribution is 5.37. The van der Waals surface area contributed by atoms with Crippen molar-refractivity contribution < 1.29 is 0 Å². The summed E-state index contributed by atoms with van der Waals surface area (Å²) in [7, 11) is 0. The van der Waals surface area contributed by atoms with Crippen LogP contribution in [0.2, 0.25) is 0 Å². The molecule has 0 saturated carbocycles. The number of nitrogens with two attached hydrogens (primary N) is 1. The molecular weight excluding hydrogens is 196 g/mol. The van der Waals surface area contributed by atoms with Gasteiger partial charge in [-0.2, -0.15) is 0 Å². The summed E-state index contributed by atoms with van der Waals surface area (Å²) in [6, 6.07) is 9.22. The van der Waals surface area contributed by atoms with Crippen LogP contribution in [0.1, 0.15) is 49.9 Å². The molecule has 0 fully saturated rings. The SMILES string of the molecule is CCC(C)CNC1CC(N)c2ccccc21. The van der Waals surface area contributed by atoms with Gasteiger partial charge in [-0.15, -0.1) is 0 Å². The number of benzene rings is 1. The van der Waals surface area contributed by atoms with Gasteiger partial charge in [0.25, 0.3) is 0 Å². The average Bonchev–Trinajstić information content (AvgIpc) is 2.64. The summed E-state index contributed by atoms with van der Waals surface area (Å²) in [5.41, 5.74) is 8.86. The first-order chi connectivity index (χ1) is 7.72. The second-order valence-electron chi connectivity index (χ2n) is 4.95. The number of fused-ring (bicyclic) bond motifs is 1. The van der Waals surface area contributed by atoms with Gasteiger partial charge in [0.2, 0.25) is 0 Å². The molecule has 0 saturated heterocycles. The molecule has 2 heteroatoms. The lowest BCUT2D eigenvalue weighted by Crippen LogP contribution is -2.25. The minimum Gasteiger partial charge on any atom is -0.324 e. The smallest absolute Gasteiger partial charge is 0.0341 e. The van der Waals surface area contributed by atoms with Crippen LogP contribution in [0.5, 0.6) is 0 Å². The van der Waals surface area contributed by atoms with Crippen molar-refractivity contribution in [1.82, 2.24) is 5.32 Å². The fourth-order valence-corrected chi connectivity index (χ4v) is 2.35. The van der Waals surface area contributed by atoms with E-state index in [1.54, 1.807) is 0 Å². The highest BCUT2D eigenvalue weighted by Crippen LogP contribution is 2.36. The van der Waals surface area contributed by atoms with Crippen molar-refractivity contribution in [3.05, 3.63) is 35.4 Å². The van der Waals surface area contributed by atoms with Crippen LogP contribution in [0.3, 0.4) is 0 Å². The Hall–Kier alpha value is -0.860. The van der Waals surface area contributed by atoms with Gasteiger partial charge in [0.05, 0.1) is 0 Å². The van der Waals surface area contributed by atoms with Gasteiger partial charge in [-0.05, 0) is 30.0 Å². The number of nitrogens with one attached hydrogen (secondary N) is 1. The molecule has 88 valence electrons. The van der Waals surface area contributed by atoms with Crippen molar-refractivity contribution in [3.63, 3.8) is 0 Å². The predicted molar refractivity (Wildman–Crippen MR) is 68.2 cm³/mol. The van der Waals surface area contributed by atoms with Gasteiger partial charge in [0.1, 0.15) is 0 Å². The summed E-state index contributed by atoms with van der Waals surface area (Å²) < 4.78 is 0. The third-order valence-corrected chi connectivity index (χ3v) is 3.67. The Morgan fingerprint density at radius 2 is 2.06 bits per heavy atom. The third kappa shape index (κ3) is 2.28. The fraction of sp³-hybridized carbons (Fsp3) is 0.571. The van der Waals surface area contributed by atoms with E-state index in [2.05, 4.69) is 43.4 Å². The van der Waals surface area contributed by atoms with Gasteiger partial charge >= 0.3 is 0 Å². The average molecular weight is 218 g/mol. The van der Waals surface area contributed by atoms with Gasteiger partial charge in [-0.3, -0.25) is 0 Å². The third-order valence-electron chi connectivity index (χ3n) is 3.67. The van der Waals surface area contributed by atoms with Crippen LogP contribution in [0, 0.1) is 5.92 Å². The molecule has 1 aliphatic rings. The van der Waals surface area contributed by atoms with Crippen LogP contribution in [-0.4, -0.2) is 6.54 Å². The van der Waals surface area contributed by atoms with E-state index in [1.807, 2.05) is 0 Å². The standard InChI is InChI=1S/C14H22N2/c1-3-10(2)9-16-14-8-13(15)11-6-4-5-7-12(11)14/h4-7,10,13-14,16H,3,8-9,15H2,1-2H3. The first-order valence-corrected chi connectivity index (χ1v) is 6.30. The second-order valence-corrected chi connectivity index (χ2v) is 4.95. The van der Waals surface area contributed by atoms with Crippen molar-refractivity contribution in [1.29, 1.82) is 0 Å². The minimum absolute atomic E-state index is 0.214. The zero-order chi connectivity index (χ0) is 11.5. The molecule has 0 aromatic heterocycles. The zero-order valence-electron chi connectivity index (χ0n) is 10.2. The van der Waals surface area contributed by atoms with Crippen LogP contribution in [0.15, 0.2) is 24.3 Å². The molecule has 3 atom stereocenters. The van der Waals surface area contributed by atoms with Crippen LogP contribution >= 0.6 is 0 Å². The molecule has 3 unspecified atom stereocenters. The van der Waals surface area contributed by atoms with Gasteiger partial charge in [0.15, 0.2) is 0 Å². The Morgan fingerprint density at radius 1 is 1.38 bits per heavy atom. The maximum Gasteiger partial charge on any atom is 0.0341 e. The van der Waals surface area contributed by atoms with E-state index in [1.165, 1.54) is 17.5 Å². The highest BCUT2D eigenvalue weighted by Gasteiger charge is 2.27. The lowest BCUT2D eigenvalue weighted by atomic mass is 10.1. The van der Waals surface area contributed by atoms with Gasteiger partial charge in [0, 0.05) is 12.1 Å². The Balaban J connectivity index is 2.03. The molecule has 16 heavy (non-hydrogen) atoms. The molecule has 0 radical (unpaired) electrons. The Labute approximate surface area is 98.2 Å². The van der Waals surface area contributed by atoms with E-state index in [9.17, 15) is 0 Å². The van der Waals surface area contributed by atoms with E-state index >= 15 is 0 Å². The molecule has 0 aliphatic heterocycles. The molecule has 0 spiro atoms. The lowest BCUT2D eigenvalue weighted by molar-refractivity contribution is 0.431. The molecule has 0 bridgehead atoms. The van der Waals surface area contributed by atoms with Crippen molar-refractivity contribution in [3.8, 4) is 0 Å². The van der Waals surface area contributed by atoms with Gasteiger partial charge in [-0.1, -0.05) is 44.5 Å². The van der Waals surface area contributed by atoms with E-state index < -0.39 is 0 Å². The van der Waals surface area contributed by atoms with Gasteiger partial charge in [-0.25, -0.2) is 0 Å². The summed E-state index contributed by atoms with van der Waals surface area (Å²) in [5.74, 6) is 0.740. The minimum atomic E-state index is 0.214. The Kier molecular flexibility index (Phi) is 3.62. The van der Waals surface area contributed by atoms with E-state index in [-0.39, 0.29) is 6.04 Å². The predicted octanol–water partition coefficient (Wildman–Crippen LogP) is 2.77. The largest absolute Gasteiger partial charge is 0.324 e. The summed E-state index contributed by atoms with van der Waals surface area (Å²) in [5, 5.41) is 3.64. The maximum absolute atomic E-state index is 6.14. The van der Waals surface area contributed by atoms with Crippen molar-refractivity contribution >= 4 is 0 Å². The van der Waals surface area contributed by atoms with Crippen LogP contribution < -0.4 is 11.1 Å². The quantitative estimate of drug-likeness (QED) is 0.815. The Morgan fingerprint density at radius 3 is 2.75 bits per heavy atom. The number of rotatable bonds is 4. The molecule has 0 amide bonds. The maximum atomic E-state index is 6.14. The van der Waals surface area contributed by atoms with E-state index in [0.29, 0.717) is 6.04 Å². The van der Waals surface area contributed by atoms with Gasteiger partial charge < -0.3 is 11.1 Å². The second kappa shape index (κ2) is 4.98. The molecule has 3 N–H and O–H groups in total. The Bertz CT molecular complexity index is 348. The molecule has 1 aromatic carbocycles. The monoisotopic (exact) mass is 218 g/mol. The van der Waals surface area contributed by atoms with Crippen molar-refractivity contribution in [2.45, 2.75) is 38.8 Å². The molecule has 1 aliphatic carbocycles. The zero-order valence-corrected chi connectivity index (χ0v) is 10.2. The van der Waals surface area contributed by atoms with Crippen molar-refractivity contribution in [2.24, 2.45) is 11.7 Å². The summed E-state index contributed by atoms with van der Waals surface area (Å²) in [4.78, 5) is 0. The summed E-state index contributed by atoms with van der Waals surface area (Å²) >= 11 is 0. The fourth-order valence-electron chi connectivity index (χ4n) is 2.35. The van der Waals surface area contributed by atoms with Crippen LogP contribution in [0.4, 0.5) is 0 Å². The van der Waals surface area contributed by atoms with Crippen LogP contribution in [0.25, 0.3) is 0 Å². The molecule has 0 heterocycles. The lowest BCUT2D eigenvalue weighted by Gasteiger charge is -2.17.